The Morgan fingerprint density at radius 1 is 0.923 bits per heavy atom. The molecule has 7 nitrogen and oxygen atoms in total. The number of nitrogens with one attached hydrogen (secondary N) is 1. The summed E-state index contributed by atoms with van der Waals surface area (Å²) in [4.78, 5) is 24.9. The standard InChI is InChI=1S/C29H21BrCl2N2O5/c1-37-27-13-18(5-12-26(27)39-29(36)20-3-2-4-22(30)14-20)16-33-34-28(35)19-7-10-24(11-8-19)38-17-21-6-9-23(31)15-25(21)32/h2-16H,17H2,1H3,(H,34,35)/b33-16-. The maximum Gasteiger partial charge on any atom is 0.343 e. The summed E-state index contributed by atoms with van der Waals surface area (Å²) < 4.78 is 17.3. The van der Waals surface area contributed by atoms with E-state index >= 15 is 0 Å². The summed E-state index contributed by atoms with van der Waals surface area (Å²) in [6.07, 6.45) is 1.45. The van der Waals surface area contributed by atoms with Crippen LogP contribution in [0.1, 0.15) is 31.8 Å². The van der Waals surface area contributed by atoms with Crippen LogP contribution in [0.5, 0.6) is 17.2 Å². The maximum absolute atomic E-state index is 12.5. The largest absolute Gasteiger partial charge is 0.493 e. The maximum atomic E-state index is 12.5. The molecule has 0 saturated heterocycles. The molecule has 0 aromatic heterocycles. The summed E-state index contributed by atoms with van der Waals surface area (Å²) in [5, 5.41) is 5.08. The van der Waals surface area contributed by atoms with Gasteiger partial charge in [0.25, 0.3) is 5.91 Å². The van der Waals surface area contributed by atoms with Crippen LogP contribution in [0.2, 0.25) is 10.0 Å². The van der Waals surface area contributed by atoms with Gasteiger partial charge in [-0.25, -0.2) is 10.2 Å². The Kier molecular flexibility index (Phi) is 9.59. The van der Waals surface area contributed by atoms with Crippen molar-refractivity contribution in [3.8, 4) is 17.2 Å². The molecule has 4 aromatic carbocycles. The number of hydrogen-bond acceptors (Lipinski definition) is 6. The van der Waals surface area contributed by atoms with Crippen LogP contribution in [0.3, 0.4) is 0 Å². The Hall–Kier alpha value is -3.85. The van der Waals surface area contributed by atoms with Crippen molar-refractivity contribution in [2.24, 2.45) is 5.10 Å². The van der Waals surface area contributed by atoms with E-state index in [-0.39, 0.29) is 12.4 Å². The van der Waals surface area contributed by atoms with Crippen LogP contribution in [0.15, 0.2) is 94.5 Å². The molecule has 0 atom stereocenters. The molecule has 4 aromatic rings. The molecule has 10 heteroatoms. The summed E-state index contributed by atoms with van der Waals surface area (Å²) in [7, 11) is 1.46. The lowest BCUT2D eigenvalue weighted by Crippen LogP contribution is -2.17. The number of rotatable bonds is 9. The highest BCUT2D eigenvalue weighted by atomic mass is 79.9. The van der Waals surface area contributed by atoms with Gasteiger partial charge < -0.3 is 14.2 Å². The van der Waals surface area contributed by atoms with Gasteiger partial charge in [0.05, 0.1) is 18.9 Å². The summed E-state index contributed by atoms with van der Waals surface area (Å²) in [6.45, 7) is 0.261. The van der Waals surface area contributed by atoms with Crippen molar-refractivity contribution in [2.45, 2.75) is 6.61 Å². The number of ether oxygens (including phenoxy) is 3. The van der Waals surface area contributed by atoms with Gasteiger partial charge in [0.15, 0.2) is 11.5 Å². The van der Waals surface area contributed by atoms with Crippen molar-refractivity contribution in [2.75, 3.05) is 7.11 Å². The van der Waals surface area contributed by atoms with Crippen molar-refractivity contribution in [1.82, 2.24) is 5.43 Å². The fourth-order valence-corrected chi connectivity index (χ4v) is 4.22. The summed E-state index contributed by atoms with van der Waals surface area (Å²) in [5.41, 5.74) is 4.69. The average molecular weight is 628 g/mol. The van der Waals surface area contributed by atoms with Gasteiger partial charge in [-0.1, -0.05) is 51.3 Å². The Bertz CT molecular complexity index is 1530. The van der Waals surface area contributed by atoms with Gasteiger partial charge in [0.1, 0.15) is 12.4 Å². The van der Waals surface area contributed by atoms with E-state index in [1.807, 2.05) is 6.07 Å². The molecule has 1 N–H and O–H groups in total. The molecule has 0 heterocycles. The number of amides is 1. The van der Waals surface area contributed by atoms with Crippen LogP contribution < -0.4 is 19.6 Å². The lowest BCUT2D eigenvalue weighted by molar-refractivity contribution is 0.0729. The monoisotopic (exact) mass is 626 g/mol. The van der Waals surface area contributed by atoms with E-state index < -0.39 is 11.9 Å². The number of carbonyl (C=O) groups excluding carboxylic acids is 2. The second kappa shape index (κ2) is 13.3. The lowest BCUT2D eigenvalue weighted by Gasteiger charge is -2.10. The fourth-order valence-electron chi connectivity index (χ4n) is 3.36. The first-order valence-electron chi connectivity index (χ1n) is 11.5. The third-order valence-corrected chi connectivity index (χ3v) is 6.44. The van der Waals surface area contributed by atoms with E-state index in [2.05, 4.69) is 26.5 Å². The number of methoxy groups -OCH3 is 1. The predicted molar refractivity (Wildman–Crippen MR) is 154 cm³/mol. The highest BCUT2D eigenvalue weighted by Crippen LogP contribution is 2.29. The third-order valence-electron chi connectivity index (χ3n) is 5.36. The minimum atomic E-state index is -0.520. The Labute approximate surface area is 243 Å². The Morgan fingerprint density at radius 2 is 1.72 bits per heavy atom. The van der Waals surface area contributed by atoms with Crippen molar-refractivity contribution >= 4 is 57.2 Å². The van der Waals surface area contributed by atoms with Gasteiger partial charge in [-0.2, -0.15) is 5.10 Å². The minimum absolute atomic E-state index is 0.254. The SMILES string of the molecule is COc1cc(/C=N\NC(=O)c2ccc(OCc3ccc(Cl)cc3Cl)cc2)ccc1OC(=O)c1cccc(Br)c1. The zero-order valence-corrected chi connectivity index (χ0v) is 23.6. The van der Waals surface area contributed by atoms with Crippen LogP contribution >= 0.6 is 39.1 Å². The molecule has 0 aliphatic heterocycles. The number of carbonyl (C=O) groups is 2. The number of benzene rings is 4. The van der Waals surface area contributed by atoms with Crippen LogP contribution in [-0.4, -0.2) is 25.2 Å². The number of hydrogen-bond donors (Lipinski definition) is 1. The number of halogens is 3. The molecule has 0 saturated carbocycles. The number of hydrazone groups is 1. The molecule has 0 unspecified atom stereocenters. The van der Waals surface area contributed by atoms with E-state index in [1.54, 1.807) is 78.9 Å². The highest BCUT2D eigenvalue weighted by molar-refractivity contribution is 9.10. The molecule has 0 fully saturated rings. The van der Waals surface area contributed by atoms with Crippen LogP contribution in [0, 0.1) is 0 Å². The first kappa shape index (κ1) is 28.2. The van der Waals surface area contributed by atoms with Gasteiger partial charge >= 0.3 is 5.97 Å². The molecular formula is C29H21BrCl2N2O5. The van der Waals surface area contributed by atoms with Crippen LogP contribution in [0.25, 0.3) is 0 Å². The van der Waals surface area contributed by atoms with E-state index in [1.165, 1.54) is 13.3 Å². The second-order valence-corrected chi connectivity index (χ2v) is 9.82. The summed E-state index contributed by atoms with van der Waals surface area (Å²) in [6, 6.07) is 23.6. The third kappa shape index (κ3) is 7.83. The van der Waals surface area contributed by atoms with Crippen LogP contribution in [-0.2, 0) is 6.61 Å². The predicted octanol–water partition coefficient (Wildman–Crippen LogP) is 7.33. The van der Waals surface area contributed by atoms with Crippen molar-refractivity contribution in [3.63, 3.8) is 0 Å². The minimum Gasteiger partial charge on any atom is -0.493 e. The summed E-state index contributed by atoms with van der Waals surface area (Å²) >= 11 is 15.4. The van der Waals surface area contributed by atoms with E-state index in [0.717, 1.165) is 10.0 Å². The van der Waals surface area contributed by atoms with Gasteiger partial charge in [-0.3, -0.25) is 4.79 Å². The van der Waals surface area contributed by atoms with E-state index in [9.17, 15) is 9.59 Å². The van der Waals surface area contributed by atoms with Gasteiger partial charge in [0.2, 0.25) is 0 Å². The molecule has 4 rings (SSSR count). The van der Waals surface area contributed by atoms with Gasteiger partial charge in [0, 0.05) is 25.6 Å². The second-order valence-electron chi connectivity index (χ2n) is 8.06. The Balaban J connectivity index is 1.32. The molecule has 198 valence electrons. The lowest BCUT2D eigenvalue weighted by atomic mass is 10.2. The number of nitrogens with zero attached hydrogens (tertiary/aromatic N) is 1. The van der Waals surface area contributed by atoms with Crippen molar-refractivity contribution in [1.29, 1.82) is 0 Å². The highest BCUT2D eigenvalue weighted by Gasteiger charge is 2.13. The molecule has 0 aliphatic carbocycles. The molecule has 1 amide bonds. The first-order valence-corrected chi connectivity index (χ1v) is 13.0. The van der Waals surface area contributed by atoms with E-state index in [4.69, 9.17) is 37.4 Å². The molecule has 0 radical (unpaired) electrons. The van der Waals surface area contributed by atoms with Gasteiger partial charge in [-0.05, 0) is 78.4 Å². The summed E-state index contributed by atoms with van der Waals surface area (Å²) in [5.74, 6) is 0.251. The van der Waals surface area contributed by atoms with Crippen LogP contribution in [0.4, 0.5) is 0 Å². The zero-order valence-electron chi connectivity index (χ0n) is 20.5. The molecular weight excluding hydrogens is 607 g/mol. The van der Waals surface area contributed by atoms with Gasteiger partial charge in [-0.15, -0.1) is 0 Å². The average Bonchev–Trinajstić information content (AvgIpc) is 2.93. The van der Waals surface area contributed by atoms with Crippen molar-refractivity contribution < 1.29 is 23.8 Å². The Morgan fingerprint density at radius 3 is 2.44 bits per heavy atom. The zero-order chi connectivity index (χ0) is 27.8. The molecule has 39 heavy (non-hydrogen) atoms. The normalized spacial score (nSPS) is 10.8. The first-order chi connectivity index (χ1) is 18.8. The number of esters is 1. The molecule has 0 spiro atoms. The van der Waals surface area contributed by atoms with Crippen molar-refractivity contribution in [3.05, 3.63) is 122 Å². The molecule has 0 bridgehead atoms. The smallest absolute Gasteiger partial charge is 0.343 e. The topological polar surface area (TPSA) is 86.2 Å². The van der Waals surface area contributed by atoms with E-state index in [0.29, 0.717) is 38.2 Å². The quantitative estimate of drug-likeness (QED) is 0.0909. The molecule has 0 aliphatic rings. The fraction of sp³-hybridized carbons (Fsp3) is 0.0690.